The molecular formula is C11H16N2O3. The van der Waals surface area contributed by atoms with Crippen LogP contribution in [0.25, 0.3) is 0 Å². The summed E-state index contributed by atoms with van der Waals surface area (Å²) in [5.74, 6) is 1.02. The van der Waals surface area contributed by atoms with E-state index in [2.05, 4.69) is 4.98 Å². The molecule has 1 saturated heterocycles. The highest BCUT2D eigenvalue weighted by molar-refractivity contribution is 5.83. The third kappa shape index (κ3) is 2.68. The average molecular weight is 224 g/mol. The van der Waals surface area contributed by atoms with Crippen molar-refractivity contribution in [3.63, 3.8) is 0 Å². The minimum Gasteiger partial charge on any atom is -0.376 e. The normalized spacial score (nSPS) is 20.9. The predicted octanol–water partition coefficient (Wildman–Crippen LogP) is 0.337. The molecule has 1 aliphatic heterocycles. The van der Waals surface area contributed by atoms with E-state index in [1.807, 2.05) is 17.8 Å². The number of hydrogen-bond donors (Lipinski definition) is 0. The second-order valence-electron chi connectivity index (χ2n) is 3.86. The maximum atomic E-state index is 11.8. The molecule has 0 aromatic carbocycles. The average Bonchev–Trinajstić information content (AvgIpc) is 2.73. The van der Waals surface area contributed by atoms with Crippen molar-refractivity contribution >= 4 is 5.78 Å². The fraction of sp³-hybridized carbons (Fsp3) is 0.636. The number of Topliss-reactive ketones (excluding diaryl/α,β-unsaturated/α-hetero) is 1. The minimum atomic E-state index is -0.381. The number of carbonyl (C=O) groups excluding carboxylic acids is 1. The van der Waals surface area contributed by atoms with Crippen molar-refractivity contribution in [2.75, 3.05) is 19.8 Å². The zero-order valence-corrected chi connectivity index (χ0v) is 9.39. The number of imidazole rings is 1. The molecule has 88 valence electrons. The van der Waals surface area contributed by atoms with Crippen LogP contribution in [0.1, 0.15) is 12.2 Å². The van der Waals surface area contributed by atoms with Crippen molar-refractivity contribution in [1.29, 1.82) is 0 Å². The highest BCUT2D eigenvalue weighted by Crippen LogP contribution is 2.07. The molecule has 0 aliphatic carbocycles. The van der Waals surface area contributed by atoms with Gasteiger partial charge in [0.15, 0.2) is 5.78 Å². The van der Waals surface area contributed by atoms with Gasteiger partial charge in [0, 0.05) is 32.3 Å². The van der Waals surface area contributed by atoms with Gasteiger partial charge in [-0.1, -0.05) is 0 Å². The molecule has 0 radical (unpaired) electrons. The highest BCUT2D eigenvalue weighted by Gasteiger charge is 2.22. The zero-order chi connectivity index (χ0) is 11.4. The molecule has 0 N–H and O–H groups in total. The van der Waals surface area contributed by atoms with Gasteiger partial charge in [-0.25, -0.2) is 4.98 Å². The first kappa shape index (κ1) is 11.3. The molecule has 1 fully saturated rings. The van der Waals surface area contributed by atoms with E-state index in [9.17, 15) is 4.79 Å². The Kier molecular flexibility index (Phi) is 3.69. The van der Waals surface area contributed by atoms with Crippen molar-refractivity contribution in [2.45, 2.75) is 18.9 Å². The number of rotatable bonds is 4. The summed E-state index contributed by atoms with van der Waals surface area (Å²) in [7, 11) is 1.92. The summed E-state index contributed by atoms with van der Waals surface area (Å²) >= 11 is 0. The standard InChI is InChI=1S/C11H16N2O3/c1-13-5-4-12-11(13)3-2-9(14)10-8-15-6-7-16-10/h4-5,10H,2-3,6-8H2,1H3. The van der Waals surface area contributed by atoms with Crippen molar-refractivity contribution in [2.24, 2.45) is 7.05 Å². The van der Waals surface area contributed by atoms with Gasteiger partial charge in [-0.15, -0.1) is 0 Å². The number of ether oxygens (including phenoxy) is 2. The predicted molar refractivity (Wildman–Crippen MR) is 57.1 cm³/mol. The van der Waals surface area contributed by atoms with Crippen LogP contribution in [0, 0.1) is 0 Å². The van der Waals surface area contributed by atoms with Gasteiger partial charge in [-0.3, -0.25) is 4.79 Å². The van der Waals surface area contributed by atoms with Gasteiger partial charge < -0.3 is 14.0 Å². The quantitative estimate of drug-likeness (QED) is 0.740. The first-order valence-electron chi connectivity index (χ1n) is 5.45. The molecular weight excluding hydrogens is 208 g/mol. The summed E-state index contributed by atoms with van der Waals surface area (Å²) in [6.07, 6.45) is 4.34. The fourth-order valence-corrected chi connectivity index (χ4v) is 1.71. The van der Waals surface area contributed by atoms with E-state index in [4.69, 9.17) is 9.47 Å². The summed E-state index contributed by atoms with van der Waals surface area (Å²) in [5, 5.41) is 0. The molecule has 2 rings (SSSR count). The van der Waals surface area contributed by atoms with Crippen LogP contribution in [0.15, 0.2) is 12.4 Å². The van der Waals surface area contributed by atoms with Crippen LogP contribution in [-0.4, -0.2) is 41.3 Å². The molecule has 1 atom stereocenters. The van der Waals surface area contributed by atoms with Crippen LogP contribution < -0.4 is 0 Å². The smallest absolute Gasteiger partial charge is 0.164 e. The van der Waals surface area contributed by atoms with Gasteiger partial charge in [0.25, 0.3) is 0 Å². The van der Waals surface area contributed by atoms with Gasteiger partial charge in [-0.2, -0.15) is 0 Å². The highest BCUT2D eigenvalue weighted by atomic mass is 16.6. The lowest BCUT2D eigenvalue weighted by atomic mass is 10.1. The first-order chi connectivity index (χ1) is 7.77. The van der Waals surface area contributed by atoms with E-state index in [0.717, 1.165) is 5.82 Å². The number of ketones is 1. The van der Waals surface area contributed by atoms with E-state index in [1.165, 1.54) is 0 Å². The summed E-state index contributed by atoms with van der Waals surface area (Å²) in [5.41, 5.74) is 0. The monoisotopic (exact) mass is 224 g/mol. The molecule has 1 aromatic heterocycles. The van der Waals surface area contributed by atoms with Crippen LogP contribution in [0.4, 0.5) is 0 Å². The Morgan fingerprint density at radius 1 is 1.62 bits per heavy atom. The van der Waals surface area contributed by atoms with Crippen LogP contribution >= 0.6 is 0 Å². The summed E-state index contributed by atoms with van der Waals surface area (Å²) < 4.78 is 12.5. The van der Waals surface area contributed by atoms with E-state index in [1.54, 1.807) is 6.20 Å². The van der Waals surface area contributed by atoms with Gasteiger partial charge in [0.1, 0.15) is 11.9 Å². The molecule has 5 heteroatoms. The van der Waals surface area contributed by atoms with E-state index >= 15 is 0 Å². The van der Waals surface area contributed by atoms with Gasteiger partial charge in [-0.05, 0) is 0 Å². The zero-order valence-electron chi connectivity index (χ0n) is 9.39. The number of carbonyl (C=O) groups is 1. The van der Waals surface area contributed by atoms with Gasteiger partial charge >= 0.3 is 0 Å². The molecule has 1 aromatic rings. The Labute approximate surface area is 94.4 Å². The maximum absolute atomic E-state index is 11.8. The Morgan fingerprint density at radius 3 is 3.12 bits per heavy atom. The Morgan fingerprint density at radius 2 is 2.50 bits per heavy atom. The largest absolute Gasteiger partial charge is 0.376 e. The van der Waals surface area contributed by atoms with Crippen LogP contribution in [0.2, 0.25) is 0 Å². The van der Waals surface area contributed by atoms with Crippen LogP contribution in [-0.2, 0) is 27.7 Å². The molecule has 0 spiro atoms. The summed E-state index contributed by atoms with van der Waals surface area (Å²) in [6.45, 7) is 1.49. The third-order valence-corrected chi connectivity index (χ3v) is 2.69. The lowest BCUT2D eigenvalue weighted by Gasteiger charge is -2.21. The molecule has 2 heterocycles. The Bertz CT molecular complexity index is 356. The minimum absolute atomic E-state index is 0.0997. The van der Waals surface area contributed by atoms with Gasteiger partial charge in [0.05, 0.1) is 19.8 Å². The fourth-order valence-electron chi connectivity index (χ4n) is 1.71. The molecule has 16 heavy (non-hydrogen) atoms. The third-order valence-electron chi connectivity index (χ3n) is 2.69. The van der Waals surface area contributed by atoms with E-state index < -0.39 is 0 Å². The number of hydrogen-bond acceptors (Lipinski definition) is 4. The van der Waals surface area contributed by atoms with E-state index in [-0.39, 0.29) is 11.9 Å². The Balaban J connectivity index is 1.81. The van der Waals surface area contributed by atoms with Crippen LogP contribution in [0.3, 0.4) is 0 Å². The molecule has 0 amide bonds. The first-order valence-corrected chi connectivity index (χ1v) is 5.45. The molecule has 1 unspecified atom stereocenters. The van der Waals surface area contributed by atoms with Crippen molar-refractivity contribution < 1.29 is 14.3 Å². The van der Waals surface area contributed by atoms with E-state index in [0.29, 0.717) is 32.7 Å². The lowest BCUT2D eigenvalue weighted by Crippen LogP contribution is -2.35. The summed E-state index contributed by atoms with van der Waals surface area (Å²) in [4.78, 5) is 15.9. The summed E-state index contributed by atoms with van der Waals surface area (Å²) in [6, 6.07) is 0. The Hall–Kier alpha value is -1.20. The van der Waals surface area contributed by atoms with Crippen molar-refractivity contribution in [3.8, 4) is 0 Å². The topological polar surface area (TPSA) is 53.4 Å². The second-order valence-corrected chi connectivity index (χ2v) is 3.86. The van der Waals surface area contributed by atoms with Crippen LogP contribution in [0.5, 0.6) is 0 Å². The maximum Gasteiger partial charge on any atom is 0.164 e. The number of aromatic nitrogens is 2. The second kappa shape index (κ2) is 5.23. The van der Waals surface area contributed by atoms with Gasteiger partial charge in [0.2, 0.25) is 0 Å². The SMILES string of the molecule is Cn1ccnc1CCC(=O)C1COCCO1. The molecule has 1 aliphatic rings. The molecule has 0 saturated carbocycles. The number of nitrogens with zero attached hydrogens (tertiary/aromatic N) is 2. The van der Waals surface area contributed by atoms with Crippen molar-refractivity contribution in [1.82, 2.24) is 9.55 Å². The number of aryl methyl sites for hydroxylation is 2. The lowest BCUT2D eigenvalue weighted by molar-refractivity contribution is -0.145. The van der Waals surface area contributed by atoms with Crippen molar-refractivity contribution in [3.05, 3.63) is 18.2 Å². The molecule has 5 nitrogen and oxygen atoms in total. The molecule has 0 bridgehead atoms.